The zero-order valence-electron chi connectivity index (χ0n) is 19.4. The largest absolute Gasteiger partial charge is 0.479 e. The highest BCUT2D eigenvalue weighted by molar-refractivity contribution is 5.93. The van der Waals surface area contributed by atoms with Crippen molar-refractivity contribution in [1.29, 1.82) is 0 Å². The number of methoxy groups -OCH3 is 1. The summed E-state index contributed by atoms with van der Waals surface area (Å²) in [7, 11) is 3.02. The molecular formula is C23H25FN8O3. The van der Waals surface area contributed by atoms with Gasteiger partial charge in [-0.05, 0) is 25.7 Å². The number of nitrogens with one attached hydrogen (secondary N) is 2. The van der Waals surface area contributed by atoms with Crippen LogP contribution in [0.2, 0.25) is 0 Å². The molecule has 1 amide bonds. The van der Waals surface area contributed by atoms with Gasteiger partial charge in [-0.2, -0.15) is 4.98 Å². The summed E-state index contributed by atoms with van der Waals surface area (Å²) < 4.78 is 29.2. The molecule has 4 aromatic rings. The average molecular weight is 481 g/mol. The molecule has 1 aliphatic heterocycles. The first-order valence-corrected chi connectivity index (χ1v) is 11.5. The monoisotopic (exact) mass is 480 g/mol. The number of carbonyl (C=O) groups excluding carboxylic acids is 1. The quantitative estimate of drug-likeness (QED) is 0.447. The van der Waals surface area contributed by atoms with Crippen molar-refractivity contribution in [3.63, 3.8) is 0 Å². The highest BCUT2D eigenvalue weighted by atomic mass is 19.1. The van der Waals surface area contributed by atoms with E-state index in [9.17, 15) is 4.79 Å². The highest BCUT2D eigenvalue weighted by Gasteiger charge is 2.41. The minimum Gasteiger partial charge on any atom is -0.479 e. The van der Waals surface area contributed by atoms with Crippen molar-refractivity contribution in [3.05, 3.63) is 36.3 Å². The first-order valence-electron chi connectivity index (χ1n) is 11.5. The summed E-state index contributed by atoms with van der Waals surface area (Å²) in [5.74, 6) is 0.106. The lowest BCUT2D eigenvalue weighted by Crippen LogP contribution is -2.47. The second-order valence-electron chi connectivity index (χ2n) is 9.24. The van der Waals surface area contributed by atoms with E-state index in [0.717, 1.165) is 38.9 Å². The maximum atomic E-state index is 15.3. The average Bonchev–Trinajstić information content (AvgIpc) is 3.42. The molecule has 0 unspecified atom stereocenters. The van der Waals surface area contributed by atoms with Crippen LogP contribution in [0.3, 0.4) is 0 Å². The summed E-state index contributed by atoms with van der Waals surface area (Å²) in [5, 5.41) is 10.5. The molecular weight excluding hydrogens is 455 g/mol. The Bertz CT molecular complexity index is 1430. The van der Waals surface area contributed by atoms with Crippen LogP contribution in [0.25, 0.3) is 22.4 Å². The molecule has 2 aliphatic rings. The number of hydrogen-bond donors (Lipinski definition) is 2. The maximum absolute atomic E-state index is 15.3. The highest BCUT2D eigenvalue weighted by Crippen LogP contribution is 2.43. The zero-order valence-corrected chi connectivity index (χ0v) is 19.4. The second kappa shape index (κ2) is 8.15. The van der Waals surface area contributed by atoms with Crippen molar-refractivity contribution in [1.82, 2.24) is 34.3 Å². The van der Waals surface area contributed by atoms with Gasteiger partial charge in [0.25, 0.3) is 5.91 Å². The van der Waals surface area contributed by atoms with E-state index in [4.69, 9.17) is 9.47 Å². The predicted octanol–water partition coefficient (Wildman–Crippen LogP) is 2.32. The van der Waals surface area contributed by atoms with Gasteiger partial charge in [0.2, 0.25) is 17.6 Å². The Morgan fingerprint density at radius 2 is 2.00 bits per heavy atom. The van der Waals surface area contributed by atoms with E-state index >= 15 is 4.39 Å². The summed E-state index contributed by atoms with van der Waals surface area (Å²) in [6.45, 7) is 1.71. The molecule has 0 aromatic carbocycles. The Morgan fingerprint density at radius 1 is 1.23 bits per heavy atom. The standard InChI is InChI=1S/C23H25FN8O3/c1-25-19(33)16-8-27-22-26-7-13(9-31(16)22)17-15(24)10-32-18(17)20(34-2)29-21(30-32)28-14-3-5-23(6-4-14)11-35-12-23/h7-10,14H,3-6,11-12H2,1-2H3,(H,25,33)(H,28,30). The van der Waals surface area contributed by atoms with Crippen LogP contribution in [0.5, 0.6) is 5.88 Å². The second-order valence-corrected chi connectivity index (χ2v) is 9.24. The number of hydrogen-bond acceptors (Lipinski definition) is 8. The van der Waals surface area contributed by atoms with Crippen LogP contribution in [-0.2, 0) is 4.74 Å². The number of rotatable bonds is 5. The van der Waals surface area contributed by atoms with Crippen molar-refractivity contribution in [2.45, 2.75) is 31.7 Å². The van der Waals surface area contributed by atoms with Gasteiger partial charge < -0.3 is 20.1 Å². The Kier molecular flexibility index (Phi) is 5.06. The summed E-state index contributed by atoms with van der Waals surface area (Å²) in [4.78, 5) is 25.2. The van der Waals surface area contributed by atoms with E-state index in [0.29, 0.717) is 28.2 Å². The molecule has 35 heavy (non-hydrogen) atoms. The van der Waals surface area contributed by atoms with Crippen LogP contribution in [0.1, 0.15) is 36.2 Å². The number of fused-ring (bicyclic) bond motifs is 2. The van der Waals surface area contributed by atoms with Crippen LogP contribution < -0.4 is 15.4 Å². The smallest absolute Gasteiger partial charge is 0.269 e. The van der Waals surface area contributed by atoms with Gasteiger partial charge in [-0.3, -0.25) is 9.20 Å². The molecule has 0 radical (unpaired) electrons. The van der Waals surface area contributed by atoms with Crippen molar-refractivity contribution in [2.75, 3.05) is 32.7 Å². The Morgan fingerprint density at radius 3 is 2.69 bits per heavy atom. The van der Waals surface area contributed by atoms with Gasteiger partial charge >= 0.3 is 0 Å². The molecule has 2 fully saturated rings. The summed E-state index contributed by atoms with van der Waals surface area (Å²) >= 11 is 0. The fraction of sp³-hybridized carbons (Fsp3) is 0.435. The lowest BCUT2D eigenvalue weighted by molar-refractivity contribution is -0.131. The fourth-order valence-corrected chi connectivity index (χ4v) is 5.03. The third kappa shape index (κ3) is 3.55. The van der Waals surface area contributed by atoms with Gasteiger partial charge in [0.1, 0.15) is 11.2 Å². The first-order chi connectivity index (χ1) is 17.0. The van der Waals surface area contributed by atoms with Gasteiger partial charge in [-0.1, -0.05) is 0 Å². The van der Waals surface area contributed by atoms with Crippen molar-refractivity contribution in [3.8, 4) is 17.0 Å². The van der Waals surface area contributed by atoms with Crippen LogP contribution in [0.15, 0.2) is 24.8 Å². The number of amides is 1. The number of imidazole rings is 1. The molecule has 2 N–H and O–H groups in total. The van der Waals surface area contributed by atoms with Gasteiger partial charge in [0.15, 0.2) is 5.82 Å². The van der Waals surface area contributed by atoms with Crippen LogP contribution in [-0.4, -0.2) is 68.3 Å². The third-order valence-electron chi connectivity index (χ3n) is 7.06. The molecule has 0 atom stereocenters. The topological polar surface area (TPSA) is 120 Å². The lowest BCUT2D eigenvalue weighted by atomic mass is 9.71. The van der Waals surface area contributed by atoms with Crippen molar-refractivity contribution in [2.24, 2.45) is 5.41 Å². The molecule has 1 spiro atoms. The van der Waals surface area contributed by atoms with E-state index in [1.54, 1.807) is 6.20 Å². The number of nitrogens with zero attached hydrogens (tertiary/aromatic N) is 6. The molecule has 11 nitrogen and oxygen atoms in total. The van der Waals surface area contributed by atoms with Crippen molar-refractivity contribution >= 4 is 23.1 Å². The van der Waals surface area contributed by atoms with Crippen LogP contribution in [0.4, 0.5) is 10.3 Å². The normalized spacial score (nSPS) is 17.6. The lowest BCUT2D eigenvalue weighted by Gasteiger charge is -2.46. The van der Waals surface area contributed by atoms with Gasteiger partial charge in [-0.15, -0.1) is 5.10 Å². The fourth-order valence-electron chi connectivity index (χ4n) is 5.03. The summed E-state index contributed by atoms with van der Waals surface area (Å²) in [5.41, 5.74) is 1.67. The molecule has 182 valence electrons. The molecule has 1 saturated carbocycles. The number of ether oxygens (including phenoxy) is 2. The summed E-state index contributed by atoms with van der Waals surface area (Å²) in [6, 6.07) is 0.235. The van der Waals surface area contributed by atoms with Gasteiger partial charge in [0, 0.05) is 36.5 Å². The zero-order chi connectivity index (χ0) is 24.2. The molecule has 1 aliphatic carbocycles. The van der Waals surface area contributed by atoms with E-state index in [2.05, 4.69) is 30.7 Å². The van der Waals surface area contributed by atoms with Gasteiger partial charge in [0.05, 0.1) is 38.3 Å². The van der Waals surface area contributed by atoms with E-state index in [1.807, 2.05) is 0 Å². The minimum absolute atomic E-state index is 0.226. The molecule has 0 bridgehead atoms. The first kappa shape index (κ1) is 21.7. The van der Waals surface area contributed by atoms with Crippen LogP contribution in [0, 0.1) is 11.2 Å². The number of aromatic nitrogens is 6. The number of carbonyl (C=O) groups is 1. The molecule has 1 saturated heterocycles. The molecule has 5 heterocycles. The van der Waals surface area contributed by atoms with E-state index in [1.165, 1.54) is 41.7 Å². The van der Waals surface area contributed by atoms with Crippen LogP contribution >= 0.6 is 0 Å². The Balaban J connectivity index is 1.36. The van der Waals surface area contributed by atoms with E-state index in [-0.39, 0.29) is 29.1 Å². The van der Waals surface area contributed by atoms with E-state index < -0.39 is 5.82 Å². The third-order valence-corrected chi connectivity index (χ3v) is 7.06. The number of halogens is 1. The SMILES string of the molecule is CNC(=O)c1cnc2ncc(-c3c(F)cn4nc(NC5CCC6(CC5)COC6)nc(OC)c34)cn12. The van der Waals surface area contributed by atoms with Crippen molar-refractivity contribution < 1.29 is 18.7 Å². The Hall–Kier alpha value is -3.80. The minimum atomic E-state index is -0.512. The molecule has 6 rings (SSSR count). The molecule has 4 aromatic heterocycles. The molecule has 12 heteroatoms. The van der Waals surface area contributed by atoms with Gasteiger partial charge in [-0.25, -0.2) is 18.9 Å². The predicted molar refractivity (Wildman–Crippen MR) is 124 cm³/mol. The Labute approximate surface area is 199 Å². The number of anilines is 1. The summed E-state index contributed by atoms with van der Waals surface area (Å²) in [6.07, 6.45) is 10.0. The maximum Gasteiger partial charge on any atom is 0.269 e.